The highest BCUT2D eigenvalue weighted by molar-refractivity contribution is 5.87. The van der Waals surface area contributed by atoms with Crippen molar-refractivity contribution in [3.05, 3.63) is 23.5 Å². The maximum atomic E-state index is 11.2. The molecular formula is C12H20N2O3. The van der Waals surface area contributed by atoms with E-state index in [2.05, 4.69) is 15.0 Å². The van der Waals surface area contributed by atoms with E-state index in [1.54, 1.807) is 6.07 Å². The van der Waals surface area contributed by atoms with Crippen LogP contribution in [0.4, 0.5) is 0 Å². The Morgan fingerprint density at radius 2 is 2.24 bits per heavy atom. The fourth-order valence-corrected chi connectivity index (χ4v) is 1.36. The normalized spacial score (nSPS) is 12.8. The Bertz CT molecular complexity index is 360. The van der Waals surface area contributed by atoms with Gasteiger partial charge in [0.05, 0.1) is 13.2 Å². The molecule has 1 aromatic rings. The largest absolute Gasteiger partial charge is 0.464 e. The Labute approximate surface area is 101 Å². The summed E-state index contributed by atoms with van der Waals surface area (Å²) in [6, 6.07) is 3.50. The molecule has 1 unspecified atom stereocenters. The van der Waals surface area contributed by atoms with Gasteiger partial charge in [-0.15, -0.1) is 0 Å². The van der Waals surface area contributed by atoms with E-state index in [9.17, 15) is 9.90 Å². The summed E-state index contributed by atoms with van der Waals surface area (Å²) < 4.78 is 4.59. The number of hydrogen-bond acceptors (Lipinski definition) is 4. The molecule has 5 heteroatoms. The lowest BCUT2D eigenvalue weighted by molar-refractivity contribution is 0.0594. The van der Waals surface area contributed by atoms with Gasteiger partial charge in [0.1, 0.15) is 5.69 Å². The monoisotopic (exact) mass is 240 g/mol. The fraction of sp³-hybridized carbons (Fsp3) is 0.583. The van der Waals surface area contributed by atoms with Crippen LogP contribution < -0.4 is 5.32 Å². The number of methoxy groups -OCH3 is 1. The molecule has 96 valence electrons. The quantitative estimate of drug-likeness (QED) is 0.646. The number of aliphatic hydroxyl groups is 1. The van der Waals surface area contributed by atoms with Crippen LogP contribution in [0, 0.1) is 5.92 Å². The minimum atomic E-state index is -0.376. The third-order valence-corrected chi connectivity index (χ3v) is 2.59. The third-order valence-electron chi connectivity index (χ3n) is 2.59. The second-order valence-electron chi connectivity index (χ2n) is 4.33. The summed E-state index contributed by atoms with van der Waals surface area (Å²) in [5.41, 5.74) is 1.33. The lowest BCUT2D eigenvalue weighted by Crippen LogP contribution is -2.30. The summed E-state index contributed by atoms with van der Waals surface area (Å²) in [6.07, 6.45) is -0.356. The fourth-order valence-electron chi connectivity index (χ4n) is 1.36. The van der Waals surface area contributed by atoms with Crippen LogP contribution in [0.2, 0.25) is 0 Å². The van der Waals surface area contributed by atoms with Gasteiger partial charge in [-0.3, -0.25) is 0 Å². The van der Waals surface area contributed by atoms with Crippen molar-refractivity contribution in [2.24, 2.45) is 5.92 Å². The topological polar surface area (TPSA) is 74.3 Å². The second kappa shape index (κ2) is 6.42. The molecule has 1 rings (SSSR count). The maximum absolute atomic E-state index is 11.2. The highest BCUT2D eigenvalue weighted by Gasteiger charge is 2.10. The molecule has 0 aliphatic carbocycles. The summed E-state index contributed by atoms with van der Waals surface area (Å²) in [5.74, 6) is -0.143. The van der Waals surface area contributed by atoms with Crippen molar-refractivity contribution in [1.29, 1.82) is 0 Å². The standard InChI is InChI=1S/C12H20N2O3/c1-8(2)11(15)7-13-6-9-4-5-10(14-9)12(16)17-3/h4-5,8,11,13-15H,6-7H2,1-3H3. The molecule has 5 nitrogen and oxygen atoms in total. The lowest BCUT2D eigenvalue weighted by Gasteiger charge is -2.14. The number of carbonyl (C=O) groups excluding carboxylic acids is 1. The maximum Gasteiger partial charge on any atom is 0.354 e. The van der Waals surface area contributed by atoms with Gasteiger partial charge in [0.2, 0.25) is 0 Å². The first-order valence-electron chi connectivity index (χ1n) is 5.69. The van der Waals surface area contributed by atoms with Gasteiger partial charge < -0.3 is 20.1 Å². The zero-order valence-electron chi connectivity index (χ0n) is 10.5. The molecule has 0 saturated heterocycles. The van der Waals surface area contributed by atoms with Crippen LogP contribution in [-0.4, -0.2) is 35.8 Å². The Morgan fingerprint density at radius 3 is 2.82 bits per heavy atom. The number of aliphatic hydroxyl groups excluding tert-OH is 1. The van der Waals surface area contributed by atoms with E-state index in [-0.39, 0.29) is 18.0 Å². The molecule has 0 aliphatic rings. The van der Waals surface area contributed by atoms with E-state index in [1.165, 1.54) is 7.11 Å². The molecule has 17 heavy (non-hydrogen) atoms. The van der Waals surface area contributed by atoms with E-state index in [0.717, 1.165) is 5.69 Å². The van der Waals surface area contributed by atoms with Crippen molar-refractivity contribution in [1.82, 2.24) is 10.3 Å². The Hall–Kier alpha value is -1.33. The van der Waals surface area contributed by atoms with Gasteiger partial charge in [-0.25, -0.2) is 4.79 Å². The Morgan fingerprint density at radius 1 is 1.53 bits per heavy atom. The van der Waals surface area contributed by atoms with E-state index >= 15 is 0 Å². The molecular weight excluding hydrogens is 220 g/mol. The van der Waals surface area contributed by atoms with Gasteiger partial charge in [0.25, 0.3) is 0 Å². The molecule has 0 fully saturated rings. The van der Waals surface area contributed by atoms with Crippen LogP contribution >= 0.6 is 0 Å². The highest BCUT2D eigenvalue weighted by atomic mass is 16.5. The Balaban J connectivity index is 2.37. The van der Waals surface area contributed by atoms with Crippen molar-refractivity contribution < 1.29 is 14.6 Å². The molecule has 0 aromatic carbocycles. The molecule has 0 spiro atoms. The minimum Gasteiger partial charge on any atom is -0.464 e. The van der Waals surface area contributed by atoms with Gasteiger partial charge in [-0.05, 0) is 18.1 Å². The first kappa shape index (κ1) is 13.7. The number of rotatable bonds is 6. The number of carbonyl (C=O) groups is 1. The van der Waals surface area contributed by atoms with E-state index in [0.29, 0.717) is 18.8 Å². The number of esters is 1. The molecule has 1 aromatic heterocycles. The number of nitrogens with one attached hydrogen (secondary N) is 2. The SMILES string of the molecule is COC(=O)c1ccc(CNCC(O)C(C)C)[nH]1. The van der Waals surface area contributed by atoms with E-state index in [1.807, 2.05) is 19.9 Å². The van der Waals surface area contributed by atoms with Crippen molar-refractivity contribution in [3.8, 4) is 0 Å². The number of ether oxygens (including phenoxy) is 1. The first-order valence-corrected chi connectivity index (χ1v) is 5.69. The van der Waals surface area contributed by atoms with Crippen LogP contribution in [0.5, 0.6) is 0 Å². The molecule has 0 aliphatic heterocycles. The van der Waals surface area contributed by atoms with Crippen LogP contribution in [0.15, 0.2) is 12.1 Å². The van der Waals surface area contributed by atoms with Gasteiger partial charge in [-0.2, -0.15) is 0 Å². The zero-order valence-corrected chi connectivity index (χ0v) is 10.5. The molecule has 1 atom stereocenters. The summed E-state index contributed by atoms with van der Waals surface area (Å²) in [6.45, 7) is 5.05. The predicted molar refractivity (Wildman–Crippen MR) is 64.7 cm³/mol. The zero-order chi connectivity index (χ0) is 12.8. The molecule has 3 N–H and O–H groups in total. The third kappa shape index (κ3) is 4.20. The lowest BCUT2D eigenvalue weighted by atomic mass is 10.1. The molecule has 0 radical (unpaired) electrons. The van der Waals surface area contributed by atoms with Crippen molar-refractivity contribution >= 4 is 5.97 Å². The highest BCUT2D eigenvalue weighted by Crippen LogP contribution is 2.04. The summed E-state index contributed by atoms with van der Waals surface area (Å²) in [4.78, 5) is 14.1. The van der Waals surface area contributed by atoms with E-state index < -0.39 is 0 Å². The van der Waals surface area contributed by atoms with Crippen LogP contribution in [-0.2, 0) is 11.3 Å². The number of H-pyrrole nitrogens is 1. The minimum absolute atomic E-state index is 0.233. The van der Waals surface area contributed by atoms with Gasteiger partial charge >= 0.3 is 5.97 Å². The molecule has 0 bridgehead atoms. The summed E-state index contributed by atoms with van der Waals surface area (Å²) in [7, 11) is 1.35. The second-order valence-corrected chi connectivity index (χ2v) is 4.33. The number of aromatic amines is 1. The van der Waals surface area contributed by atoms with Crippen LogP contribution in [0.1, 0.15) is 30.0 Å². The first-order chi connectivity index (χ1) is 8.04. The Kier molecular flexibility index (Phi) is 5.18. The van der Waals surface area contributed by atoms with Gasteiger partial charge in [-0.1, -0.05) is 13.8 Å². The molecule has 0 amide bonds. The molecule has 1 heterocycles. The average molecular weight is 240 g/mol. The van der Waals surface area contributed by atoms with Crippen LogP contribution in [0.3, 0.4) is 0 Å². The summed E-state index contributed by atoms with van der Waals surface area (Å²) in [5, 5.41) is 12.7. The van der Waals surface area contributed by atoms with E-state index in [4.69, 9.17) is 0 Å². The number of aromatic nitrogens is 1. The van der Waals surface area contributed by atoms with Gasteiger partial charge in [0.15, 0.2) is 0 Å². The van der Waals surface area contributed by atoms with Crippen molar-refractivity contribution in [2.45, 2.75) is 26.5 Å². The van der Waals surface area contributed by atoms with Gasteiger partial charge in [0, 0.05) is 18.8 Å². The van der Waals surface area contributed by atoms with Crippen molar-refractivity contribution in [3.63, 3.8) is 0 Å². The predicted octanol–water partition coefficient (Wildman–Crippen LogP) is 0.908. The van der Waals surface area contributed by atoms with Crippen LogP contribution in [0.25, 0.3) is 0 Å². The summed E-state index contributed by atoms with van der Waals surface area (Å²) >= 11 is 0. The molecule has 0 saturated carbocycles. The van der Waals surface area contributed by atoms with Crippen molar-refractivity contribution in [2.75, 3.05) is 13.7 Å². The smallest absolute Gasteiger partial charge is 0.354 e. The number of hydrogen-bond donors (Lipinski definition) is 3. The average Bonchev–Trinajstić information content (AvgIpc) is 2.76.